The Labute approximate surface area is 174 Å². The van der Waals surface area contributed by atoms with Gasteiger partial charge < -0.3 is 19.3 Å². The third-order valence-electron chi connectivity index (χ3n) is 3.79. The van der Waals surface area contributed by atoms with Crippen molar-refractivity contribution < 1.29 is 33.5 Å². The molecule has 1 heterocycles. The summed E-state index contributed by atoms with van der Waals surface area (Å²) >= 11 is 0. The Morgan fingerprint density at radius 1 is 1.03 bits per heavy atom. The zero-order valence-corrected chi connectivity index (χ0v) is 17.2. The molecule has 0 bridgehead atoms. The number of aromatic nitrogens is 3. The third kappa shape index (κ3) is 6.20. The van der Waals surface area contributed by atoms with E-state index in [2.05, 4.69) is 5.10 Å². The van der Waals surface area contributed by atoms with Crippen LogP contribution >= 0.6 is 0 Å². The van der Waals surface area contributed by atoms with Crippen molar-refractivity contribution in [1.82, 2.24) is 9.78 Å². The lowest BCUT2D eigenvalue weighted by atomic mass is 10.2. The van der Waals surface area contributed by atoms with Crippen molar-refractivity contribution in [2.24, 2.45) is 0 Å². The van der Waals surface area contributed by atoms with Crippen molar-refractivity contribution in [2.45, 2.75) is 27.3 Å². The summed E-state index contributed by atoms with van der Waals surface area (Å²) in [6.07, 6.45) is 4.16. The maximum absolute atomic E-state index is 12.5. The van der Waals surface area contributed by atoms with E-state index in [1.54, 1.807) is 31.7 Å². The zero-order valence-electron chi connectivity index (χ0n) is 17.2. The number of hydrogen-bond acceptors (Lipinski definition) is 7. The van der Waals surface area contributed by atoms with Crippen LogP contribution in [0.2, 0.25) is 0 Å². The molecule has 0 aliphatic carbocycles. The van der Waals surface area contributed by atoms with E-state index >= 15 is 0 Å². The average Bonchev–Trinajstić information content (AvgIpc) is 3.17. The minimum absolute atomic E-state index is 0.0587. The Morgan fingerprint density at radius 3 is 2.30 bits per heavy atom. The predicted molar refractivity (Wildman–Crippen MR) is 104 cm³/mol. The minimum atomic E-state index is -0.901. The molecule has 0 spiro atoms. The SMILES string of the molecule is CCOC(=O)C(/C=C(\C(=O)OCC)n1c[n+](Cc2ccccc2)cn1)=C(/[O-])OCC. The maximum Gasteiger partial charge on any atom is 0.374 e. The van der Waals surface area contributed by atoms with Crippen molar-refractivity contribution in [3.63, 3.8) is 0 Å². The molecule has 9 nitrogen and oxygen atoms in total. The van der Waals surface area contributed by atoms with Gasteiger partial charge in [-0.1, -0.05) is 41.9 Å². The van der Waals surface area contributed by atoms with Crippen LogP contribution in [0.3, 0.4) is 0 Å². The summed E-state index contributed by atoms with van der Waals surface area (Å²) in [6, 6.07) is 9.68. The molecular weight excluding hydrogens is 390 g/mol. The van der Waals surface area contributed by atoms with Crippen molar-refractivity contribution in [3.8, 4) is 0 Å². The van der Waals surface area contributed by atoms with Gasteiger partial charge in [0.2, 0.25) is 12.0 Å². The number of hydrogen-bond donors (Lipinski definition) is 0. The molecule has 160 valence electrons. The molecule has 2 aromatic rings. The highest BCUT2D eigenvalue weighted by Crippen LogP contribution is 2.14. The van der Waals surface area contributed by atoms with Crippen molar-refractivity contribution in [2.75, 3.05) is 19.8 Å². The van der Waals surface area contributed by atoms with Crippen LogP contribution in [0.25, 0.3) is 5.70 Å². The van der Waals surface area contributed by atoms with Crippen LogP contribution in [0.1, 0.15) is 26.3 Å². The summed E-state index contributed by atoms with van der Waals surface area (Å²) in [5.74, 6) is -2.55. The third-order valence-corrected chi connectivity index (χ3v) is 3.79. The summed E-state index contributed by atoms with van der Waals surface area (Å²) in [5, 5.41) is 16.4. The highest BCUT2D eigenvalue weighted by molar-refractivity contribution is 6.12. The first-order valence-electron chi connectivity index (χ1n) is 9.58. The molecule has 0 radical (unpaired) electrons. The Balaban J connectivity index is 2.45. The standard InChI is InChI=1S/C21H25N3O6/c1-4-28-19(25)17(20(26)29-5-2)12-18(21(27)30-6-3)24-15-23(14-22-24)13-16-10-8-7-9-11-16/h7-12,14-15H,4-6,13H2,1-3H3. The van der Waals surface area contributed by atoms with Gasteiger partial charge in [0, 0.05) is 11.2 Å². The molecule has 0 aliphatic rings. The quantitative estimate of drug-likeness (QED) is 0.186. The van der Waals surface area contributed by atoms with Crippen LogP contribution in [0.15, 0.2) is 60.6 Å². The highest BCUT2D eigenvalue weighted by atomic mass is 16.6. The van der Waals surface area contributed by atoms with Crippen LogP contribution in [-0.4, -0.2) is 41.5 Å². The largest absolute Gasteiger partial charge is 0.613 e. The molecule has 0 atom stereocenters. The zero-order chi connectivity index (χ0) is 21.9. The molecule has 0 saturated heterocycles. The van der Waals surface area contributed by atoms with E-state index in [1.165, 1.54) is 11.0 Å². The number of carbonyl (C=O) groups is 2. The van der Waals surface area contributed by atoms with Crippen molar-refractivity contribution in [3.05, 3.63) is 66.1 Å². The van der Waals surface area contributed by atoms with E-state index in [9.17, 15) is 14.7 Å². The Hall–Kier alpha value is -3.62. The Bertz CT molecular complexity index is 918. The van der Waals surface area contributed by atoms with Gasteiger partial charge in [-0.3, -0.25) is 0 Å². The van der Waals surface area contributed by atoms with Gasteiger partial charge in [-0.05, 0) is 26.0 Å². The molecule has 1 aromatic carbocycles. The van der Waals surface area contributed by atoms with Gasteiger partial charge in [-0.25, -0.2) is 14.2 Å². The fourth-order valence-corrected chi connectivity index (χ4v) is 2.50. The molecule has 0 fully saturated rings. The molecule has 0 saturated carbocycles. The van der Waals surface area contributed by atoms with Crippen molar-refractivity contribution in [1.29, 1.82) is 0 Å². The first kappa shape index (κ1) is 22.7. The van der Waals surface area contributed by atoms with E-state index in [1.807, 2.05) is 30.3 Å². The molecule has 0 amide bonds. The summed E-state index contributed by atoms with van der Waals surface area (Å²) < 4.78 is 17.9. The van der Waals surface area contributed by atoms with Crippen LogP contribution in [0.4, 0.5) is 0 Å². The molecule has 0 unspecified atom stereocenters. The second-order valence-electron chi connectivity index (χ2n) is 5.95. The van der Waals surface area contributed by atoms with Gasteiger partial charge in [-0.2, -0.15) is 0 Å². The topological polar surface area (TPSA) is 107 Å². The number of esters is 2. The second kappa shape index (κ2) is 11.4. The lowest BCUT2D eigenvalue weighted by Gasteiger charge is -2.16. The lowest BCUT2D eigenvalue weighted by Crippen LogP contribution is -2.31. The predicted octanol–water partition coefficient (Wildman–Crippen LogP) is 0.794. The fourth-order valence-electron chi connectivity index (χ4n) is 2.50. The number of ether oxygens (including phenoxy) is 3. The highest BCUT2D eigenvalue weighted by Gasteiger charge is 2.24. The van der Waals surface area contributed by atoms with Gasteiger partial charge >= 0.3 is 11.9 Å². The summed E-state index contributed by atoms with van der Waals surface area (Å²) in [4.78, 5) is 24.8. The van der Waals surface area contributed by atoms with Crippen LogP contribution in [0.5, 0.6) is 0 Å². The first-order chi connectivity index (χ1) is 14.5. The van der Waals surface area contributed by atoms with Gasteiger partial charge in [0.1, 0.15) is 0 Å². The van der Waals surface area contributed by atoms with E-state index in [-0.39, 0.29) is 25.5 Å². The van der Waals surface area contributed by atoms with Gasteiger partial charge in [0.15, 0.2) is 0 Å². The summed E-state index contributed by atoms with van der Waals surface area (Å²) in [6.45, 7) is 5.61. The molecule has 2 rings (SSSR count). The number of rotatable bonds is 10. The number of carbonyl (C=O) groups excluding carboxylic acids is 2. The average molecular weight is 415 g/mol. The van der Waals surface area contributed by atoms with E-state index in [0.717, 1.165) is 11.6 Å². The van der Waals surface area contributed by atoms with E-state index in [0.29, 0.717) is 6.54 Å². The normalized spacial score (nSPS) is 12.2. The van der Waals surface area contributed by atoms with Gasteiger partial charge in [0.25, 0.3) is 6.33 Å². The smallest absolute Gasteiger partial charge is 0.374 e. The minimum Gasteiger partial charge on any atom is -0.613 e. The first-order valence-corrected chi connectivity index (χ1v) is 9.58. The maximum atomic E-state index is 12.5. The fraction of sp³-hybridized carbons (Fsp3) is 0.333. The van der Waals surface area contributed by atoms with Gasteiger partial charge in [0.05, 0.1) is 31.3 Å². The van der Waals surface area contributed by atoms with Crippen molar-refractivity contribution >= 4 is 17.6 Å². The van der Waals surface area contributed by atoms with E-state index in [4.69, 9.17) is 14.2 Å². The second-order valence-corrected chi connectivity index (χ2v) is 5.95. The monoisotopic (exact) mass is 415 g/mol. The molecule has 30 heavy (non-hydrogen) atoms. The molecule has 0 N–H and O–H groups in total. The number of benzene rings is 1. The van der Waals surface area contributed by atoms with Crippen LogP contribution < -0.4 is 9.67 Å². The molecule has 1 aromatic heterocycles. The van der Waals surface area contributed by atoms with Crippen LogP contribution in [0, 0.1) is 0 Å². The van der Waals surface area contributed by atoms with E-state index < -0.39 is 23.5 Å². The summed E-state index contributed by atoms with van der Waals surface area (Å²) in [7, 11) is 0. The molecule has 9 heteroatoms. The molecule has 0 aliphatic heterocycles. The van der Waals surface area contributed by atoms with Crippen LogP contribution in [-0.2, 0) is 30.3 Å². The Morgan fingerprint density at radius 2 is 1.67 bits per heavy atom. The number of nitrogens with zero attached hydrogens (tertiary/aromatic N) is 3. The lowest BCUT2D eigenvalue weighted by molar-refractivity contribution is -0.688. The molecular formula is C21H25N3O6. The summed E-state index contributed by atoms with van der Waals surface area (Å²) in [5.41, 5.74) is 0.487. The van der Waals surface area contributed by atoms with Gasteiger partial charge in [-0.15, -0.1) is 0 Å². The Kier molecular flexibility index (Phi) is 8.61.